The molecule has 2 heterocycles. The predicted octanol–water partition coefficient (Wildman–Crippen LogP) is 1.72. The molecule has 5 heteroatoms. The summed E-state index contributed by atoms with van der Waals surface area (Å²) in [5.74, 6) is 0.940. The molecule has 1 aliphatic heterocycles. The predicted molar refractivity (Wildman–Crippen MR) is 65.3 cm³/mol. The van der Waals surface area contributed by atoms with Crippen molar-refractivity contribution in [1.82, 2.24) is 4.98 Å². The summed E-state index contributed by atoms with van der Waals surface area (Å²) in [6.07, 6.45) is 1.56. The molecule has 0 aromatic carbocycles. The van der Waals surface area contributed by atoms with Crippen LogP contribution >= 0.6 is 11.8 Å². The fourth-order valence-electron chi connectivity index (χ4n) is 1.75. The van der Waals surface area contributed by atoms with E-state index in [1.165, 1.54) is 6.07 Å². The Bertz CT molecular complexity index is 397. The van der Waals surface area contributed by atoms with Gasteiger partial charge in [0.2, 0.25) is 0 Å². The normalized spacial score (nSPS) is 20.8. The second-order valence-corrected chi connectivity index (χ2v) is 5.38. The van der Waals surface area contributed by atoms with E-state index in [0.29, 0.717) is 10.8 Å². The van der Waals surface area contributed by atoms with E-state index in [-0.39, 0.29) is 0 Å². The van der Waals surface area contributed by atoms with Gasteiger partial charge in [-0.15, -0.1) is 0 Å². The molecule has 0 radical (unpaired) electrons. The van der Waals surface area contributed by atoms with Gasteiger partial charge in [-0.3, -0.25) is 0 Å². The number of carboxylic acid groups (broad SMARTS) is 1. The molecule has 1 atom stereocenters. The Morgan fingerprint density at radius 3 is 3.19 bits per heavy atom. The highest BCUT2D eigenvalue weighted by molar-refractivity contribution is 8.00. The Morgan fingerprint density at radius 1 is 1.69 bits per heavy atom. The summed E-state index contributed by atoms with van der Waals surface area (Å²) in [6, 6.07) is 3.17. The summed E-state index contributed by atoms with van der Waals surface area (Å²) in [7, 11) is 0. The number of carboxylic acids is 1. The van der Waals surface area contributed by atoms with Gasteiger partial charge in [-0.2, -0.15) is 11.8 Å². The van der Waals surface area contributed by atoms with Crippen molar-refractivity contribution >= 4 is 23.5 Å². The van der Waals surface area contributed by atoms with Crippen LogP contribution in [0.15, 0.2) is 18.3 Å². The average molecular weight is 238 g/mol. The molecule has 0 bridgehead atoms. The average Bonchev–Trinajstić information content (AvgIpc) is 2.29. The van der Waals surface area contributed by atoms with Crippen LogP contribution in [0.3, 0.4) is 0 Å². The van der Waals surface area contributed by atoms with Crippen LogP contribution in [0.4, 0.5) is 5.82 Å². The van der Waals surface area contributed by atoms with Crippen LogP contribution in [0.5, 0.6) is 0 Å². The molecule has 0 spiro atoms. The van der Waals surface area contributed by atoms with Crippen molar-refractivity contribution in [2.45, 2.75) is 12.2 Å². The van der Waals surface area contributed by atoms with Crippen LogP contribution in [-0.4, -0.2) is 40.2 Å². The number of aromatic carboxylic acids is 1. The van der Waals surface area contributed by atoms with Gasteiger partial charge in [0, 0.05) is 30.3 Å². The van der Waals surface area contributed by atoms with Crippen molar-refractivity contribution in [3.05, 3.63) is 23.9 Å². The van der Waals surface area contributed by atoms with E-state index in [4.69, 9.17) is 5.11 Å². The molecule has 1 saturated heterocycles. The summed E-state index contributed by atoms with van der Waals surface area (Å²) < 4.78 is 0. The zero-order chi connectivity index (χ0) is 11.5. The molecule has 86 valence electrons. The van der Waals surface area contributed by atoms with Gasteiger partial charge < -0.3 is 10.0 Å². The smallest absolute Gasteiger partial charge is 0.335 e. The van der Waals surface area contributed by atoms with Crippen molar-refractivity contribution in [2.75, 3.05) is 23.7 Å². The Hall–Kier alpha value is -1.23. The maximum atomic E-state index is 10.8. The quantitative estimate of drug-likeness (QED) is 0.850. The second kappa shape index (κ2) is 4.74. The third-order valence-corrected chi connectivity index (χ3v) is 3.69. The summed E-state index contributed by atoms with van der Waals surface area (Å²) in [5, 5.41) is 9.48. The lowest BCUT2D eigenvalue weighted by molar-refractivity contribution is 0.0697. The third-order valence-electron chi connectivity index (χ3n) is 2.56. The van der Waals surface area contributed by atoms with E-state index in [2.05, 4.69) is 16.8 Å². The van der Waals surface area contributed by atoms with Crippen molar-refractivity contribution in [1.29, 1.82) is 0 Å². The standard InChI is InChI=1S/C11H14N2O2S/c1-8-7-13(4-5-16-8)10-6-9(11(14)15)2-3-12-10/h2-3,6,8H,4-5,7H2,1H3,(H,14,15). The van der Waals surface area contributed by atoms with Crippen molar-refractivity contribution in [3.63, 3.8) is 0 Å². The van der Waals surface area contributed by atoms with Crippen molar-refractivity contribution < 1.29 is 9.90 Å². The molecule has 1 aromatic heterocycles. The molecule has 0 amide bonds. The first-order valence-electron chi connectivity index (χ1n) is 5.22. The molecular weight excluding hydrogens is 224 g/mol. The summed E-state index contributed by atoms with van der Waals surface area (Å²) in [6.45, 7) is 4.05. The Kier molecular flexibility index (Phi) is 3.33. The van der Waals surface area contributed by atoms with Crippen LogP contribution in [0.25, 0.3) is 0 Å². The van der Waals surface area contributed by atoms with Crippen LogP contribution in [-0.2, 0) is 0 Å². The summed E-state index contributed by atoms with van der Waals surface area (Å²) in [5.41, 5.74) is 0.302. The van der Waals surface area contributed by atoms with Crippen molar-refractivity contribution in [3.8, 4) is 0 Å². The van der Waals surface area contributed by atoms with Crippen LogP contribution in [0.2, 0.25) is 0 Å². The Labute approximate surface area is 98.7 Å². The maximum absolute atomic E-state index is 10.8. The molecule has 1 aromatic rings. The topological polar surface area (TPSA) is 53.4 Å². The first-order valence-corrected chi connectivity index (χ1v) is 6.27. The lowest BCUT2D eigenvalue weighted by atomic mass is 10.2. The molecule has 1 unspecified atom stereocenters. The molecule has 1 N–H and O–H groups in total. The highest BCUT2D eigenvalue weighted by Gasteiger charge is 2.18. The molecule has 1 aliphatic rings. The summed E-state index contributed by atoms with van der Waals surface area (Å²) in [4.78, 5) is 17.2. The minimum absolute atomic E-state index is 0.302. The van der Waals surface area contributed by atoms with Gasteiger partial charge in [0.25, 0.3) is 0 Å². The number of pyridine rings is 1. The minimum atomic E-state index is -0.900. The van der Waals surface area contributed by atoms with E-state index in [1.807, 2.05) is 11.8 Å². The number of carbonyl (C=O) groups is 1. The van der Waals surface area contributed by atoms with E-state index >= 15 is 0 Å². The molecule has 2 rings (SSSR count). The Balaban J connectivity index is 2.19. The number of aromatic nitrogens is 1. The van der Waals surface area contributed by atoms with E-state index in [9.17, 15) is 4.79 Å². The lowest BCUT2D eigenvalue weighted by Crippen LogP contribution is -2.37. The summed E-state index contributed by atoms with van der Waals surface area (Å²) >= 11 is 1.94. The molecule has 0 saturated carbocycles. The minimum Gasteiger partial charge on any atom is -0.478 e. The number of thioether (sulfide) groups is 1. The zero-order valence-electron chi connectivity index (χ0n) is 9.09. The maximum Gasteiger partial charge on any atom is 0.335 e. The van der Waals surface area contributed by atoms with E-state index in [0.717, 1.165) is 24.7 Å². The second-order valence-electron chi connectivity index (χ2n) is 3.84. The van der Waals surface area contributed by atoms with Crippen LogP contribution < -0.4 is 4.90 Å². The highest BCUT2D eigenvalue weighted by Crippen LogP contribution is 2.22. The fraction of sp³-hybridized carbons (Fsp3) is 0.455. The van der Waals surface area contributed by atoms with Crippen LogP contribution in [0, 0.1) is 0 Å². The fourth-order valence-corrected chi connectivity index (χ4v) is 2.76. The number of hydrogen-bond donors (Lipinski definition) is 1. The molecule has 4 nitrogen and oxygen atoms in total. The first-order chi connectivity index (χ1) is 7.66. The van der Waals surface area contributed by atoms with Gasteiger partial charge in [-0.1, -0.05) is 6.92 Å². The zero-order valence-corrected chi connectivity index (χ0v) is 9.91. The number of nitrogens with zero attached hydrogens (tertiary/aromatic N) is 2. The first kappa shape index (κ1) is 11.3. The van der Waals surface area contributed by atoms with Gasteiger partial charge >= 0.3 is 5.97 Å². The number of rotatable bonds is 2. The van der Waals surface area contributed by atoms with Gasteiger partial charge in [-0.05, 0) is 12.1 Å². The van der Waals surface area contributed by atoms with Gasteiger partial charge in [0.15, 0.2) is 0 Å². The highest BCUT2D eigenvalue weighted by atomic mass is 32.2. The van der Waals surface area contributed by atoms with Gasteiger partial charge in [0.1, 0.15) is 5.82 Å². The molecule has 1 fully saturated rings. The molecular formula is C11H14N2O2S. The van der Waals surface area contributed by atoms with Gasteiger partial charge in [0.05, 0.1) is 5.56 Å². The van der Waals surface area contributed by atoms with Crippen molar-refractivity contribution in [2.24, 2.45) is 0 Å². The lowest BCUT2D eigenvalue weighted by Gasteiger charge is -2.31. The third kappa shape index (κ3) is 2.47. The van der Waals surface area contributed by atoms with E-state index < -0.39 is 5.97 Å². The van der Waals surface area contributed by atoms with Gasteiger partial charge in [-0.25, -0.2) is 9.78 Å². The molecule has 16 heavy (non-hydrogen) atoms. The Morgan fingerprint density at radius 2 is 2.50 bits per heavy atom. The molecule has 0 aliphatic carbocycles. The number of hydrogen-bond acceptors (Lipinski definition) is 4. The van der Waals surface area contributed by atoms with Crippen LogP contribution in [0.1, 0.15) is 17.3 Å². The largest absolute Gasteiger partial charge is 0.478 e. The number of anilines is 1. The SMILES string of the molecule is CC1CN(c2cc(C(=O)O)ccn2)CCS1. The monoisotopic (exact) mass is 238 g/mol. The van der Waals surface area contributed by atoms with E-state index in [1.54, 1.807) is 12.3 Å².